The zero-order chi connectivity index (χ0) is 10.5. The Balaban J connectivity index is 2.17. The molecule has 2 heterocycles. The van der Waals surface area contributed by atoms with Gasteiger partial charge in [-0.3, -0.25) is 4.79 Å². The fourth-order valence-electron chi connectivity index (χ4n) is 2.52. The molecule has 0 saturated carbocycles. The van der Waals surface area contributed by atoms with Gasteiger partial charge >= 0.3 is 0 Å². The lowest BCUT2D eigenvalue weighted by Gasteiger charge is -2.19. The number of halogens is 1. The topological polar surface area (TPSA) is 41.1 Å². The molecular weight excluding hydrogens is 195 g/mol. The van der Waals surface area contributed by atoms with Crippen molar-refractivity contribution in [3.05, 3.63) is 29.6 Å². The normalized spacial score (nSPS) is 28.2. The van der Waals surface area contributed by atoms with Crippen molar-refractivity contribution in [2.75, 3.05) is 18.4 Å². The van der Waals surface area contributed by atoms with E-state index in [0.29, 0.717) is 12.2 Å². The summed E-state index contributed by atoms with van der Waals surface area (Å²) >= 11 is 0. The maximum Gasteiger partial charge on any atom is 0.236 e. The predicted octanol–water partition coefficient (Wildman–Crippen LogP) is 1.01. The third kappa shape index (κ3) is 1.05. The van der Waals surface area contributed by atoms with E-state index in [1.165, 1.54) is 12.1 Å². The van der Waals surface area contributed by atoms with Crippen molar-refractivity contribution in [2.45, 2.75) is 11.8 Å². The molecule has 1 aromatic rings. The standard InChI is InChI=1S/C11H11FN2O/c12-7-1-2-8-9(5-7)14-10(15)11(8)3-4-13-6-11/h1-2,5,13H,3-4,6H2,(H,14,15)/t11-/m0/s1. The summed E-state index contributed by atoms with van der Waals surface area (Å²) in [4.78, 5) is 11.9. The molecule has 1 saturated heterocycles. The van der Waals surface area contributed by atoms with Crippen molar-refractivity contribution in [1.29, 1.82) is 0 Å². The Hall–Kier alpha value is -1.42. The van der Waals surface area contributed by atoms with E-state index in [4.69, 9.17) is 0 Å². The van der Waals surface area contributed by atoms with Gasteiger partial charge in [-0.25, -0.2) is 4.39 Å². The van der Waals surface area contributed by atoms with E-state index in [2.05, 4.69) is 10.6 Å². The molecule has 0 radical (unpaired) electrons. The van der Waals surface area contributed by atoms with Gasteiger partial charge < -0.3 is 10.6 Å². The number of hydrogen-bond acceptors (Lipinski definition) is 2. The molecule has 0 aromatic heterocycles. The summed E-state index contributed by atoms with van der Waals surface area (Å²) in [6.07, 6.45) is 0.789. The lowest BCUT2D eigenvalue weighted by molar-refractivity contribution is -0.120. The van der Waals surface area contributed by atoms with Crippen LogP contribution in [0, 0.1) is 5.82 Å². The molecule has 4 heteroatoms. The van der Waals surface area contributed by atoms with Crippen molar-refractivity contribution >= 4 is 11.6 Å². The van der Waals surface area contributed by atoms with Gasteiger partial charge in [0.2, 0.25) is 5.91 Å². The number of anilines is 1. The predicted molar refractivity (Wildman–Crippen MR) is 54.2 cm³/mol. The molecule has 3 nitrogen and oxygen atoms in total. The minimum atomic E-state index is -0.455. The van der Waals surface area contributed by atoms with Crippen LogP contribution in [0.3, 0.4) is 0 Å². The minimum absolute atomic E-state index is 0.00639. The summed E-state index contributed by atoms with van der Waals surface area (Å²) in [6.45, 7) is 1.49. The number of benzene rings is 1. The highest BCUT2D eigenvalue weighted by Crippen LogP contribution is 2.41. The van der Waals surface area contributed by atoms with E-state index in [0.717, 1.165) is 18.5 Å². The third-order valence-electron chi connectivity index (χ3n) is 3.34. The average molecular weight is 206 g/mol. The van der Waals surface area contributed by atoms with E-state index >= 15 is 0 Å². The summed E-state index contributed by atoms with van der Waals surface area (Å²) in [7, 11) is 0. The first-order chi connectivity index (χ1) is 7.22. The van der Waals surface area contributed by atoms with Gasteiger partial charge in [-0.05, 0) is 30.7 Å². The van der Waals surface area contributed by atoms with Crippen molar-refractivity contribution in [3.63, 3.8) is 0 Å². The molecule has 2 N–H and O–H groups in total. The third-order valence-corrected chi connectivity index (χ3v) is 3.34. The molecule has 78 valence electrons. The number of amides is 1. The van der Waals surface area contributed by atoms with Gasteiger partial charge in [-0.2, -0.15) is 0 Å². The van der Waals surface area contributed by atoms with Crippen molar-refractivity contribution < 1.29 is 9.18 Å². The Bertz CT molecular complexity index is 438. The SMILES string of the molecule is O=C1Nc2cc(F)ccc2[C@@]12CCNC2. The lowest BCUT2D eigenvalue weighted by Crippen LogP contribution is -2.36. The highest BCUT2D eigenvalue weighted by atomic mass is 19.1. The molecule has 15 heavy (non-hydrogen) atoms. The monoisotopic (exact) mass is 206 g/mol. The summed E-state index contributed by atoms with van der Waals surface area (Å²) in [6, 6.07) is 4.52. The van der Waals surface area contributed by atoms with Crippen molar-refractivity contribution in [2.24, 2.45) is 0 Å². The fraction of sp³-hybridized carbons (Fsp3) is 0.364. The Labute approximate surface area is 86.7 Å². The van der Waals surface area contributed by atoms with Gasteiger partial charge in [0.25, 0.3) is 0 Å². The number of carbonyl (C=O) groups excluding carboxylic acids is 1. The van der Waals surface area contributed by atoms with Gasteiger partial charge in [-0.15, -0.1) is 0 Å². The smallest absolute Gasteiger partial charge is 0.236 e. The summed E-state index contributed by atoms with van der Waals surface area (Å²) < 4.78 is 13.0. The quantitative estimate of drug-likeness (QED) is 0.665. The van der Waals surface area contributed by atoms with Crippen LogP contribution in [0.2, 0.25) is 0 Å². The molecule has 3 rings (SSSR count). The zero-order valence-corrected chi connectivity index (χ0v) is 8.14. The molecule has 0 aliphatic carbocycles. The van der Waals surface area contributed by atoms with Crippen LogP contribution >= 0.6 is 0 Å². The highest BCUT2D eigenvalue weighted by molar-refractivity contribution is 6.06. The van der Waals surface area contributed by atoms with Crippen LogP contribution in [0.5, 0.6) is 0 Å². The van der Waals surface area contributed by atoms with Gasteiger partial charge in [0.15, 0.2) is 0 Å². The van der Waals surface area contributed by atoms with Crippen LogP contribution in [0.4, 0.5) is 10.1 Å². The van der Waals surface area contributed by atoms with Gasteiger partial charge in [0.1, 0.15) is 5.82 Å². The molecule has 2 aliphatic heterocycles. The van der Waals surface area contributed by atoms with E-state index in [9.17, 15) is 9.18 Å². The maximum absolute atomic E-state index is 13.0. The first kappa shape index (κ1) is 8.85. The van der Waals surface area contributed by atoms with Crippen LogP contribution in [0.1, 0.15) is 12.0 Å². The average Bonchev–Trinajstić information content (AvgIpc) is 2.76. The van der Waals surface area contributed by atoms with Gasteiger partial charge in [-0.1, -0.05) is 6.07 Å². The molecule has 1 amide bonds. The van der Waals surface area contributed by atoms with Crippen molar-refractivity contribution in [1.82, 2.24) is 5.32 Å². The summed E-state index contributed by atoms with van der Waals surface area (Å²) in [5, 5.41) is 5.94. The number of hydrogen-bond donors (Lipinski definition) is 2. The minimum Gasteiger partial charge on any atom is -0.325 e. The molecule has 1 atom stereocenters. The van der Waals surface area contributed by atoms with E-state index in [-0.39, 0.29) is 11.7 Å². The van der Waals surface area contributed by atoms with Gasteiger partial charge in [0.05, 0.1) is 5.41 Å². The molecular formula is C11H11FN2O. The summed E-state index contributed by atoms with van der Waals surface area (Å²) in [5.74, 6) is -0.315. The van der Waals surface area contributed by atoms with Crippen molar-refractivity contribution in [3.8, 4) is 0 Å². The second-order valence-electron chi connectivity index (χ2n) is 4.15. The van der Waals surface area contributed by atoms with E-state index in [1.54, 1.807) is 6.07 Å². The second-order valence-corrected chi connectivity index (χ2v) is 4.15. The Kier molecular flexibility index (Phi) is 1.65. The van der Waals surface area contributed by atoms with Crippen LogP contribution in [-0.4, -0.2) is 19.0 Å². The molecule has 1 aromatic carbocycles. The largest absolute Gasteiger partial charge is 0.325 e. The lowest BCUT2D eigenvalue weighted by atomic mass is 9.81. The molecule has 0 bridgehead atoms. The van der Waals surface area contributed by atoms with Gasteiger partial charge in [0, 0.05) is 12.2 Å². The molecule has 0 unspecified atom stereocenters. The second kappa shape index (κ2) is 2.79. The number of nitrogens with one attached hydrogen (secondary N) is 2. The Morgan fingerprint density at radius 2 is 2.27 bits per heavy atom. The van der Waals surface area contributed by atoms with Crippen LogP contribution < -0.4 is 10.6 Å². The molecule has 1 fully saturated rings. The number of rotatable bonds is 0. The fourth-order valence-corrected chi connectivity index (χ4v) is 2.52. The number of fused-ring (bicyclic) bond motifs is 2. The Morgan fingerprint density at radius 3 is 3.00 bits per heavy atom. The first-order valence-corrected chi connectivity index (χ1v) is 5.05. The van der Waals surface area contributed by atoms with Crippen LogP contribution in [0.15, 0.2) is 18.2 Å². The van der Waals surface area contributed by atoms with Crippen LogP contribution in [0.25, 0.3) is 0 Å². The Morgan fingerprint density at radius 1 is 1.40 bits per heavy atom. The van der Waals surface area contributed by atoms with Crippen LogP contribution in [-0.2, 0) is 10.2 Å². The first-order valence-electron chi connectivity index (χ1n) is 5.05. The maximum atomic E-state index is 13.0. The van der Waals surface area contributed by atoms with E-state index in [1.807, 2.05) is 0 Å². The van der Waals surface area contributed by atoms with E-state index < -0.39 is 5.41 Å². The molecule has 2 aliphatic rings. The summed E-state index contributed by atoms with van der Waals surface area (Å²) in [5.41, 5.74) is 1.10. The zero-order valence-electron chi connectivity index (χ0n) is 8.14. The molecule has 1 spiro atoms. The highest BCUT2D eigenvalue weighted by Gasteiger charge is 2.48. The number of carbonyl (C=O) groups is 1.